The van der Waals surface area contributed by atoms with E-state index in [1.807, 2.05) is 6.07 Å². The SMILES string of the molecule is N#Cc1c(N)ncnc1NCCc1nc2cccc(F)c2cc1C(=O)NCC1CC1. The molecular weight excluding hydrogens is 385 g/mol. The number of nitriles is 1. The quantitative estimate of drug-likeness (QED) is 0.550. The van der Waals surface area contributed by atoms with Crippen molar-refractivity contribution in [3.8, 4) is 6.07 Å². The van der Waals surface area contributed by atoms with Gasteiger partial charge >= 0.3 is 0 Å². The monoisotopic (exact) mass is 405 g/mol. The highest BCUT2D eigenvalue weighted by Gasteiger charge is 2.23. The minimum atomic E-state index is -0.420. The van der Waals surface area contributed by atoms with E-state index in [-0.39, 0.29) is 17.3 Å². The lowest BCUT2D eigenvalue weighted by Gasteiger charge is -2.13. The Morgan fingerprint density at radius 3 is 2.93 bits per heavy atom. The molecule has 30 heavy (non-hydrogen) atoms. The van der Waals surface area contributed by atoms with Crippen LogP contribution in [0.5, 0.6) is 0 Å². The van der Waals surface area contributed by atoms with Crippen LogP contribution in [0.1, 0.15) is 34.5 Å². The number of carbonyl (C=O) groups is 1. The number of pyridine rings is 1. The molecule has 0 radical (unpaired) electrons. The molecule has 1 aliphatic rings. The van der Waals surface area contributed by atoms with Gasteiger partial charge in [-0.3, -0.25) is 9.78 Å². The number of hydrogen-bond acceptors (Lipinski definition) is 7. The second-order valence-corrected chi connectivity index (χ2v) is 7.21. The standard InChI is InChI=1S/C21H20FN7O/c22-16-2-1-3-17-13(16)8-14(21(30)26-10-12-4-5-12)18(29-17)6-7-25-20-15(9-23)19(24)27-11-28-20/h1-3,8,11-12H,4-7,10H2,(H,26,30)(H3,24,25,27,28). The molecule has 1 saturated carbocycles. The van der Waals surface area contributed by atoms with Crippen molar-refractivity contribution in [2.75, 3.05) is 24.1 Å². The largest absolute Gasteiger partial charge is 0.382 e. The molecule has 1 fully saturated rings. The number of hydrogen-bond donors (Lipinski definition) is 3. The van der Waals surface area contributed by atoms with Crippen LogP contribution in [0.4, 0.5) is 16.0 Å². The van der Waals surface area contributed by atoms with Crippen LogP contribution < -0.4 is 16.4 Å². The van der Waals surface area contributed by atoms with E-state index in [9.17, 15) is 14.4 Å². The molecule has 0 saturated heterocycles. The average molecular weight is 405 g/mol. The van der Waals surface area contributed by atoms with Crippen LogP contribution in [0.25, 0.3) is 10.9 Å². The fraction of sp³-hybridized carbons (Fsp3) is 0.286. The first-order chi connectivity index (χ1) is 14.6. The molecule has 4 N–H and O–H groups in total. The van der Waals surface area contributed by atoms with E-state index in [0.29, 0.717) is 53.4 Å². The lowest BCUT2D eigenvalue weighted by atomic mass is 10.1. The zero-order valence-corrected chi connectivity index (χ0v) is 16.2. The lowest BCUT2D eigenvalue weighted by Crippen LogP contribution is -2.27. The fourth-order valence-corrected chi connectivity index (χ4v) is 3.18. The van der Waals surface area contributed by atoms with Gasteiger partial charge in [-0.2, -0.15) is 5.26 Å². The Bertz CT molecular complexity index is 1150. The highest BCUT2D eigenvalue weighted by atomic mass is 19.1. The van der Waals surface area contributed by atoms with Crippen molar-refractivity contribution >= 4 is 28.4 Å². The van der Waals surface area contributed by atoms with Crippen LogP contribution in [0, 0.1) is 23.1 Å². The van der Waals surface area contributed by atoms with E-state index < -0.39 is 5.82 Å². The molecule has 1 aliphatic carbocycles. The summed E-state index contributed by atoms with van der Waals surface area (Å²) in [7, 11) is 0. The molecule has 0 atom stereocenters. The molecule has 0 unspecified atom stereocenters. The van der Waals surface area contributed by atoms with E-state index in [4.69, 9.17) is 5.73 Å². The number of nitrogens with zero attached hydrogens (tertiary/aromatic N) is 4. The predicted molar refractivity (Wildman–Crippen MR) is 110 cm³/mol. The number of nitrogen functional groups attached to an aromatic ring is 1. The molecule has 2 heterocycles. The van der Waals surface area contributed by atoms with Crippen LogP contribution in [-0.4, -0.2) is 33.9 Å². The molecule has 3 aromatic rings. The first kappa shape index (κ1) is 19.5. The van der Waals surface area contributed by atoms with Crippen LogP contribution in [-0.2, 0) is 6.42 Å². The van der Waals surface area contributed by atoms with Gasteiger partial charge in [-0.1, -0.05) is 6.07 Å². The Labute approximate surface area is 172 Å². The zero-order valence-electron chi connectivity index (χ0n) is 16.2. The van der Waals surface area contributed by atoms with Gasteiger partial charge < -0.3 is 16.4 Å². The summed E-state index contributed by atoms with van der Waals surface area (Å²) in [5.41, 5.74) is 7.22. The summed E-state index contributed by atoms with van der Waals surface area (Å²) in [5.74, 6) is 0.248. The molecule has 0 aliphatic heterocycles. The molecular formula is C21H20FN7O. The van der Waals surface area contributed by atoms with E-state index >= 15 is 0 Å². The summed E-state index contributed by atoms with van der Waals surface area (Å²) < 4.78 is 14.2. The Hall–Kier alpha value is -3.80. The molecule has 4 rings (SSSR count). The van der Waals surface area contributed by atoms with Crippen LogP contribution in [0.3, 0.4) is 0 Å². The van der Waals surface area contributed by atoms with Gasteiger partial charge in [0.2, 0.25) is 0 Å². The molecule has 2 aromatic heterocycles. The summed E-state index contributed by atoms with van der Waals surface area (Å²) in [6.07, 6.45) is 3.87. The summed E-state index contributed by atoms with van der Waals surface area (Å²) in [6, 6.07) is 8.17. The summed E-state index contributed by atoms with van der Waals surface area (Å²) in [5, 5.41) is 15.5. The first-order valence-corrected chi connectivity index (χ1v) is 9.67. The number of halogens is 1. The van der Waals surface area contributed by atoms with E-state index in [1.165, 1.54) is 12.4 Å². The number of rotatable bonds is 7. The Morgan fingerprint density at radius 2 is 2.17 bits per heavy atom. The molecule has 1 amide bonds. The number of anilines is 2. The number of benzene rings is 1. The number of fused-ring (bicyclic) bond motifs is 1. The molecule has 0 bridgehead atoms. The fourth-order valence-electron chi connectivity index (χ4n) is 3.18. The van der Waals surface area contributed by atoms with E-state index in [0.717, 1.165) is 12.8 Å². The van der Waals surface area contributed by atoms with E-state index in [1.54, 1.807) is 18.2 Å². The lowest BCUT2D eigenvalue weighted by molar-refractivity contribution is 0.0950. The second-order valence-electron chi connectivity index (χ2n) is 7.21. The predicted octanol–water partition coefficient (Wildman–Crippen LogP) is 2.41. The van der Waals surface area contributed by atoms with Crippen molar-refractivity contribution in [2.24, 2.45) is 5.92 Å². The number of carbonyl (C=O) groups excluding carboxylic acids is 1. The Balaban J connectivity index is 1.58. The number of amides is 1. The highest BCUT2D eigenvalue weighted by molar-refractivity contribution is 5.98. The van der Waals surface area contributed by atoms with E-state index in [2.05, 4.69) is 25.6 Å². The van der Waals surface area contributed by atoms with Crippen molar-refractivity contribution in [2.45, 2.75) is 19.3 Å². The van der Waals surface area contributed by atoms with Gasteiger partial charge in [-0.25, -0.2) is 14.4 Å². The smallest absolute Gasteiger partial charge is 0.253 e. The van der Waals surface area contributed by atoms with Gasteiger partial charge in [0.25, 0.3) is 5.91 Å². The number of aromatic nitrogens is 3. The third-order valence-corrected chi connectivity index (χ3v) is 5.02. The maximum atomic E-state index is 14.2. The Kier molecular flexibility index (Phi) is 5.39. The highest BCUT2D eigenvalue weighted by Crippen LogP contribution is 2.28. The number of nitrogens with two attached hydrogens (primary N) is 1. The minimum Gasteiger partial charge on any atom is -0.382 e. The summed E-state index contributed by atoms with van der Waals surface area (Å²) in [4.78, 5) is 25.1. The topological polar surface area (TPSA) is 130 Å². The maximum Gasteiger partial charge on any atom is 0.253 e. The van der Waals surface area contributed by atoms with Gasteiger partial charge in [0, 0.05) is 24.9 Å². The summed E-state index contributed by atoms with van der Waals surface area (Å²) >= 11 is 0. The van der Waals surface area contributed by atoms with Crippen LogP contribution >= 0.6 is 0 Å². The van der Waals surface area contributed by atoms with Crippen molar-refractivity contribution in [3.63, 3.8) is 0 Å². The molecule has 152 valence electrons. The second kappa shape index (κ2) is 8.29. The van der Waals surface area contributed by atoms with Crippen LogP contribution in [0.15, 0.2) is 30.6 Å². The van der Waals surface area contributed by atoms with Crippen molar-refractivity contribution in [1.29, 1.82) is 5.26 Å². The van der Waals surface area contributed by atoms with Gasteiger partial charge in [-0.05, 0) is 37.0 Å². The van der Waals surface area contributed by atoms with Gasteiger partial charge in [-0.15, -0.1) is 0 Å². The minimum absolute atomic E-state index is 0.0921. The molecule has 0 spiro atoms. The van der Waals surface area contributed by atoms with Gasteiger partial charge in [0.05, 0.1) is 16.8 Å². The van der Waals surface area contributed by atoms with Gasteiger partial charge in [0.1, 0.15) is 35.4 Å². The third-order valence-electron chi connectivity index (χ3n) is 5.02. The van der Waals surface area contributed by atoms with Crippen molar-refractivity contribution in [1.82, 2.24) is 20.3 Å². The van der Waals surface area contributed by atoms with Crippen molar-refractivity contribution in [3.05, 3.63) is 53.2 Å². The Morgan fingerprint density at radius 1 is 1.33 bits per heavy atom. The van der Waals surface area contributed by atoms with Crippen molar-refractivity contribution < 1.29 is 9.18 Å². The third kappa shape index (κ3) is 4.12. The average Bonchev–Trinajstić information content (AvgIpc) is 3.56. The van der Waals surface area contributed by atoms with Crippen LogP contribution in [0.2, 0.25) is 0 Å². The maximum absolute atomic E-state index is 14.2. The first-order valence-electron chi connectivity index (χ1n) is 9.67. The normalized spacial score (nSPS) is 13.1. The molecule has 1 aromatic carbocycles. The zero-order chi connectivity index (χ0) is 21.1. The summed E-state index contributed by atoms with van der Waals surface area (Å²) in [6.45, 7) is 0.958. The van der Waals surface area contributed by atoms with Gasteiger partial charge in [0.15, 0.2) is 0 Å². The molecule has 8 nitrogen and oxygen atoms in total. The molecule has 9 heteroatoms. The number of nitrogens with one attached hydrogen (secondary N) is 2.